The van der Waals surface area contributed by atoms with E-state index in [9.17, 15) is 4.79 Å². The number of aromatic nitrogens is 1. The third-order valence-electron chi connectivity index (χ3n) is 3.85. The van der Waals surface area contributed by atoms with Crippen molar-refractivity contribution in [3.8, 4) is 0 Å². The molecule has 0 bridgehead atoms. The van der Waals surface area contributed by atoms with Crippen molar-refractivity contribution in [2.75, 3.05) is 6.54 Å². The summed E-state index contributed by atoms with van der Waals surface area (Å²) in [5, 5.41) is 0. The Morgan fingerprint density at radius 2 is 2.16 bits per heavy atom. The highest BCUT2D eigenvalue weighted by atomic mass is 79.9. The Morgan fingerprint density at radius 3 is 2.68 bits per heavy atom. The average Bonchev–Trinajstić information content (AvgIpc) is 3.00. The smallest absolute Gasteiger partial charge is 0.270 e. The summed E-state index contributed by atoms with van der Waals surface area (Å²) in [6.45, 7) is 5.29. The molecule has 0 unspecified atom stereocenters. The van der Waals surface area contributed by atoms with Crippen molar-refractivity contribution in [2.24, 2.45) is 5.92 Å². The quantitative estimate of drug-likeness (QED) is 0.864. The van der Waals surface area contributed by atoms with Gasteiger partial charge in [-0.05, 0) is 47.2 Å². The molecule has 1 fully saturated rings. The zero-order valence-electron chi connectivity index (χ0n) is 11.8. The molecule has 1 saturated carbocycles. The molecule has 0 spiro atoms. The van der Waals surface area contributed by atoms with Gasteiger partial charge in [-0.3, -0.25) is 4.79 Å². The lowest BCUT2D eigenvalue weighted by Gasteiger charge is -2.29. The van der Waals surface area contributed by atoms with Gasteiger partial charge in [0.25, 0.3) is 5.91 Å². The summed E-state index contributed by atoms with van der Waals surface area (Å²) in [5.41, 5.74) is 0.697. The first-order valence-electron chi connectivity index (χ1n) is 7.23. The predicted molar refractivity (Wildman–Crippen MR) is 81.2 cm³/mol. The molecule has 0 atom stereocenters. The van der Waals surface area contributed by atoms with E-state index >= 15 is 0 Å². The van der Waals surface area contributed by atoms with E-state index in [1.165, 1.54) is 12.8 Å². The molecule has 1 aromatic heterocycles. The normalized spacial score (nSPS) is 16.2. The van der Waals surface area contributed by atoms with Crippen molar-refractivity contribution in [3.05, 3.63) is 22.4 Å². The van der Waals surface area contributed by atoms with Crippen LogP contribution in [0.3, 0.4) is 0 Å². The topological polar surface area (TPSA) is 36.1 Å². The number of nitrogens with zero attached hydrogens (tertiary/aromatic N) is 1. The number of carbonyl (C=O) groups is 1. The Bertz CT molecular complexity index is 422. The minimum absolute atomic E-state index is 0.151. The Hall–Kier alpha value is -0.770. The number of nitrogens with one attached hydrogen (secondary N) is 1. The summed E-state index contributed by atoms with van der Waals surface area (Å²) in [6, 6.07) is 2.31. The van der Waals surface area contributed by atoms with E-state index in [0.717, 1.165) is 30.3 Å². The molecule has 3 nitrogen and oxygen atoms in total. The van der Waals surface area contributed by atoms with E-state index in [4.69, 9.17) is 0 Å². The van der Waals surface area contributed by atoms with Gasteiger partial charge in [0.05, 0.1) is 0 Å². The molecule has 2 rings (SSSR count). The molecule has 19 heavy (non-hydrogen) atoms. The SMILES string of the molecule is CC(C)CCN(C(=O)c1cc(Br)c[nH]1)C1CCCC1. The van der Waals surface area contributed by atoms with Gasteiger partial charge >= 0.3 is 0 Å². The number of carbonyl (C=O) groups excluding carboxylic acids is 1. The summed E-state index contributed by atoms with van der Waals surface area (Å²) in [6.07, 6.45) is 7.72. The van der Waals surface area contributed by atoms with Gasteiger partial charge in [0.2, 0.25) is 0 Å². The van der Waals surface area contributed by atoms with Crippen molar-refractivity contribution in [3.63, 3.8) is 0 Å². The van der Waals surface area contributed by atoms with Crippen LogP contribution in [0.1, 0.15) is 56.4 Å². The Morgan fingerprint density at radius 1 is 1.47 bits per heavy atom. The fourth-order valence-electron chi connectivity index (χ4n) is 2.71. The van der Waals surface area contributed by atoms with Crippen LogP contribution in [0, 0.1) is 5.92 Å². The Balaban J connectivity index is 2.09. The molecule has 1 heterocycles. The number of hydrogen-bond acceptors (Lipinski definition) is 1. The van der Waals surface area contributed by atoms with Crippen LogP contribution in [0.25, 0.3) is 0 Å². The molecule has 1 aliphatic rings. The summed E-state index contributed by atoms with van der Waals surface area (Å²) >= 11 is 3.39. The van der Waals surface area contributed by atoms with Crippen LogP contribution in [0.15, 0.2) is 16.7 Å². The van der Waals surface area contributed by atoms with Crippen LogP contribution in [0.5, 0.6) is 0 Å². The largest absolute Gasteiger partial charge is 0.356 e. The average molecular weight is 327 g/mol. The maximum atomic E-state index is 12.6. The van der Waals surface area contributed by atoms with E-state index in [0.29, 0.717) is 17.7 Å². The monoisotopic (exact) mass is 326 g/mol. The van der Waals surface area contributed by atoms with Crippen molar-refractivity contribution >= 4 is 21.8 Å². The molecule has 0 aliphatic heterocycles. The molecule has 1 amide bonds. The van der Waals surface area contributed by atoms with E-state index in [2.05, 4.69) is 39.7 Å². The Kier molecular flexibility index (Phi) is 5.08. The lowest BCUT2D eigenvalue weighted by molar-refractivity contribution is 0.0666. The van der Waals surface area contributed by atoms with Crippen molar-refractivity contribution in [1.82, 2.24) is 9.88 Å². The van der Waals surface area contributed by atoms with Gasteiger partial charge in [-0.1, -0.05) is 26.7 Å². The molecule has 1 aliphatic carbocycles. The minimum Gasteiger partial charge on any atom is -0.356 e. The molecular formula is C15H23BrN2O. The maximum Gasteiger partial charge on any atom is 0.270 e. The first-order valence-corrected chi connectivity index (χ1v) is 8.02. The van der Waals surface area contributed by atoms with E-state index < -0.39 is 0 Å². The third kappa shape index (κ3) is 3.85. The number of aromatic amines is 1. The first kappa shape index (κ1) is 14.6. The molecular weight excluding hydrogens is 304 g/mol. The highest BCUT2D eigenvalue weighted by Crippen LogP contribution is 2.26. The van der Waals surface area contributed by atoms with E-state index in [-0.39, 0.29) is 5.91 Å². The number of rotatable bonds is 5. The minimum atomic E-state index is 0.151. The van der Waals surface area contributed by atoms with Gasteiger partial charge in [-0.2, -0.15) is 0 Å². The second kappa shape index (κ2) is 6.60. The van der Waals surface area contributed by atoms with E-state index in [1.807, 2.05) is 12.3 Å². The first-order chi connectivity index (χ1) is 9.08. The lowest BCUT2D eigenvalue weighted by Crippen LogP contribution is -2.40. The Labute approximate surface area is 123 Å². The summed E-state index contributed by atoms with van der Waals surface area (Å²) < 4.78 is 0.936. The van der Waals surface area contributed by atoms with Crippen molar-refractivity contribution in [2.45, 2.75) is 52.0 Å². The van der Waals surface area contributed by atoms with Crippen molar-refractivity contribution in [1.29, 1.82) is 0 Å². The summed E-state index contributed by atoms with van der Waals surface area (Å²) in [4.78, 5) is 17.8. The highest BCUT2D eigenvalue weighted by molar-refractivity contribution is 9.10. The number of halogens is 1. The van der Waals surface area contributed by atoms with Crippen LogP contribution in [-0.2, 0) is 0 Å². The molecule has 1 N–H and O–H groups in total. The molecule has 106 valence electrons. The molecule has 0 aromatic carbocycles. The second-order valence-corrected chi connectivity index (χ2v) is 6.77. The third-order valence-corrected chi connectivity index (χ3v) is 4.31. The summed E-state index contributed by atoms with van der Waals surface area (Å²) in [7, 11) is 0. The number of H-pyrrole nitrogens is 1. The molecule has 4 heteroatoms. The van der Waals surface area contributed by atoms with Gasteiger partial charge in [-0.15, -0.1) is 0 Å². The summed E-state index contributed by atoms with van der Waals surface area (Å²) in [5.74, 6) is 0.783. The zero-order chi connectivity index (χ0) is 13.8. The van der Waals surface area contributed by atoms with Crippen LogP contribution < -0.4 is 0 Å². The van der Waals surface area contributed by atoms with Gasteiger partial charge in [0.1, 0.15) is 5.69 Å². The number of amides is 1. The lowest BCUT2D eigenvalue weighted by atomic mass is 10.1. The van der Waals surface area contributed by atoms with Crippen molar-refractivity contribution < 1.29 is 4.79 Å². The molecule has 0 saturated heterocycles. The standard InChI is InChI=1S/C15H23BrN2O/c1-11(2)7-8-18(13-5-3-4-6-13)15(19)14-9-12(16)10-17-14/h9-11,13,17H,3-8H2,1-2H3. The predicted octanol–water partition coefficient (Wildman–Crippen LogP) is 4.21. The fourth-order valence-corrected chi connectivity index (χ4v) is 3.05. The fraction of sp³-hybridized carbons (Fsp3) is 0.667. The van der Waals surface area contributed by atoms with Gasteiger partial charge in [-0.25, -0.2) is 0 Å². The van der Waals surface area contributed by atoms with Crippen LogP contribution in [0.4, 0.5) is 0 Å². The van der Waals surface area contributed by atoms with Crippen LogP contribution in [0.2, 0.25) is 0 Å². The zero-order valence-corrected chi connectivity index (χ0v) is 13.4. The maximum absolute atomic E-state index is 12.6. The number of hydrogen-bond donors (Lipinski definition) is 1. The van der Waals surface area contributed by atoms with Crippen LogP contribution >= 0.6 is 15.9 Å². The van der Waals surface area contributed by atoms with E-state index in [1.54, 1.807) is 0 Å². The van der Waals surface area contributed by atoms with Crippen LogP contribution in [-0.4, -0.2) is 28.4 Å². The highest BCUT2D eigenvalue weighted by Gasteiger charge is 2.27. The molecule has 1 aromatic rings. The second-order valence-electron chi connectivity index (χ2n) is 5.85. The van der Waals surface area contributed by atoms with Gasteiger partial charge in [0.15, 0.2) is 0 Å². The van der Waals surface area contributed by atoms with Gasteiger partial charge in [0, 0.05) is 23.3 Å². The van der Waals surface area contributed by atoms with Gasteiger partial charge < -0.3 is 9.88 Å². The molecule has 0 radical (unpaired) electrons.